The lowest BCUT2D eigenvalue weighted by Gasteiger charge is -2.23. The molecule has 2 aromatic carbocycles. The van der Waals surface area contributed by atoms with Gasteiger partial charge in [0.15, 0.2) is 0 Å². The maximum absolute atomic E-state index is 12.8. The van der Waals surface area contributed by atoms with Crippen LogP contribution in [-0.2, 0) is 9.59 Å². The number of amides is 2. The third kappa shape index (κ3) is 4.04. The van der Waals surface area contributed by atoms with Gasteiger partial charge in [0.1, 0.15) is 5.82 Å². The molecule has 4 N–H and O–H groups in total. The number of carbonyl (C=O) groups is 2. The number of aromatic nitrogens is 2. The average Bonchev–Trinajstić information content (AvgIpc) is 2.70. The first-order chi connectivity index (χ1) is 14.4. The van der Waals surface area contributed by atoms with Crippen LogP contribution in [0.15, 0.2) is 53.3 Å². The molecule has 1 aliphatic heterocycles. The molecule has 0 saturated heterocycles. The third-order valence-electron chi connectivity index (χ3n) is 4.71. The summed E-state index contributed by atoms with van der Waals surface area (Å²) in [6.07, 6.45) is -0.168. The zero-order valence-corrected chi connectivity index (χ0v) is 16.7. The van der Waals surface area contributed by atoms with Gasteiger partial charge < -0.3 is 16.0 Å². The summed E-state index contributed by atoms with van der Waals surface area (Å²) >= 11 is 6.09. The van der Waals surface area contributed by atoms with E-state index in [1.165, 1.54) is 0 Å². The number of hydrogen-bond acceptors (Lipinski definition) is 5. The predicted octanol–water partition coefficient (Wildman–Crippen LogP) is 3.54. The molecule has 0 bridgehead atoms. The van der Waals surface area contributed by atoms with Crippen molar-refractivity contribution in [1.82, 2.24) is 9.97 Å². The molecule has 2 heterocycles. The van der Waals surface area contributed by atoms with Crippen LogP contribution in [0.25, 0.3) is 0 Å². The van der Waals surface area contributed by atoms with E-state index in [-0.39, 0.29) is 23.8 Å². The molecular weight excluding hydrogens is 406 g/mol. The molecule has 152 valence electrons. The highest BCUT2D eigenvalue weighted by Gasteiger charge is 2.35. The van der Waals surface area contributed by atoms with Crippen LogP contribution in [0.2, 0.25) is 5.02 Å². The number of benzene rings is 2. The summed E-state index contributed by atoms with van der Waals surface area (Å²) in [6, 6.07) is 14.2. The van der Waals surface area contributed by atoms with E-state index < -0.39 is 23.3 Å². The molecule has 0 fully saturated rings. The van der Waals surface area contributed by atoms with Gasteiger partial charge in [0.2, 0.25) is 17.8 Å². The number of para-hydroxylation sites is 1. The largest absolute Gasteiger partial charge is 0.326 e. The molecule has 0 spiro atoms. The van der Waals surface area contributed by atoms with Crippen LogP contribution < -0.4 is 21.5 Å². The number of H-pyrrole nitrogens is 1. The predicted molar refractivity (Wildman–Crippen MR) is 115 cm³/mol. The first-order valence-electron chi connectivity index (χ1n) is 9.24. The van der Waals surface area contributed by atoms with Gasteiger partial charge in [-0.05, 0) is 31.2 Å². The normalized spacial score (nSPS) is 15.1. The maximum Gasteiger partial charge on any atom is 0.258 e. The van der Waals surface area contributed by atoms with Crippen molar-refractivity contribution in [3.05, 3.63) is 75.0 Å². The minimum Gasteiger partial charge on any atom is -0.326 e. The minimum absolute atomic E-state index is 0.0592. The monoisotopic (exact) mass is 423 g/mol. The van der Waals surface area contributed by atoms with Gasteiger partial charge in [-0.15, -0.1) is 0 Å². The summed E-state index contributed by atoms with van der Waals surface area (Å²) < 4.78 is 0. The molecule has 1 aromatic heterocycles. The minimum atomic E-state index is -0.991. The Bertz CT molecular complexity index is 1190. The topological polar surface area (TPSA) is 116 Å². The van der Waals surface area contributed by atoms with Gasteiger partial charge in [0.25, 0.3) is 5.56 Å². The molecule has 8 nitrogen and oxygen atoms in total. The number of carbonyl (C=O) groups excluding carboxylic acids is 2. The smallest absolute Gasteiger partial charge is 0.258 e. The lowest BCUT2D eigenvalue weighted by Crippen LogP contribution is -2.36. The summed E-state index contributed by atoms with van der Waals surface area (Å²) in [6.45, 7) is 1.96. The highest BCUT2D eigenvalue weighted by molar-refractivity contribution is 6.33. The van der Waals surface area contributed by atoms with E-state index in [9.17, 15) is 14.4 Å². The van der Waals surface area contributed by atoms with Crippen molar-refractivity contribution in [3.63, 3.8) is 0 Å². The molecule has 3 aromatic rings. The fourth-order valence-electron chi connectivity index (χ4n) is 3.21. The van der Waals surface area contributed by atoms with Crippen molar-refractivity contribution in [1.29, 1.82) is 0 Å². The first kappa shape index (κ1) is 19.7. The van der Waals surface area contributed by atoms with Crippen molar-refractivity contribution in [3.8, 4) is 0 Å². The van der Waals surface area contributed by atoms with Gasteiger partial charge in [-0.2, -0.15) is 4.98 Å². The molecule has 0 unspecified atom stereocenters. The number of fused-ring (bicyclic) bond motifs is 1. The summed E-state index contributed by atoms with van der Waals surface area (Å²) in [5.41, 5.74) is 1.81. The molecule has 1 aliphatic rings. The second-order valence-electron chi connectivity index (χ2n) is 6.94. The SMILES string of the molecule is Cc1ccc(Nc2nc3c(c(=O)[nH]2)[C@H](C(=O)Nc2ccccc2Cl)CC(=O)N3)cc1. The highest BCUT2D eigenvalue weighted by Crippen LogP contribution is 2.31. The lowest BCUT2D eigenvalue weighted by atomic mass is 9.92. The maximum atomic E-state index is 12.8. The zero-order chi connectivity index (χ0) is 21.3. The van der Waals surface area contributed by atoms with Gasteiger partial charge in [0.05, 0.1) is 22.2 Å². The molecule has 2 amide bonds. The molecule has 0 radical (unpaired) electrons. The van der Waals surface area contributed by atoms with Gasteiger partial charge in [-0.25, -0.2) is 0 Å². The highest BCUT2D eigenvalue weighted by atomic mass is 35.5. The van der Waals surface area contributed by atoms with Gasteiger partial charge in [-0.1, -0.05) is 41.4 Å². The van der Waals surface area contributed by atoms with Crippen molar-refractivity contribution in [2.45, 2.75) is 19.3 Å². The number of hydrogen-bond donors (Lipinski definition) is 4. The fraction of sp³-hybridized carbons (Fsp3) is 0.143. The number of nitrogens with zero attached hydrogens (tertiary/aromatic N) is 1. The zero-order valence-electron chi connectivity index (χ0n) is 16.0. The Morgan fingerprint density at radius 3 is 2.60 bits per heavy atom. The quantitative estimate of drug-likeness (QED) is 0.512. The van der Waals surface area contributed by atoms with Crippen molar-refractivity contribution in [2.75, 3.05) is 16.0 Å². The molecule has 0 aliphatic carbocycles. The number of aromatic amines is 1. The van der Waals surface area contributed by atoms with Crippen LogP contribution in [0.1, 0.15) is 23.5 Å². The van der Waals surface area contributed by atoms with Crippen LogP contribution in [0.3, 0.4) is 0 Å². The number of rotatable bonds is 4. The summed E-state index contributed by atoms with van der Waals surface area (Å²) in [4.78, 5) is 44.7. The second kappa shape index (κ2) is 8.00. The Morgan fingerprint density at radius 1 is 1.13 bits per heavy atom. The van der Waals surface area contributed by atoms with Gasteiger partial charge in [-0.3, -0.25) is 19.4 Å². The van der Waals surface area contributed by atoms with Crippen LogP contribution in [0.4, 0.5) is 23.1 Å². The Morgan fingerprint density at radius 2 is 1.87 bits per heavy atom. The Kier molecular flexibility index (Phi) is 5.24. The lowest BCUT2D eigenvalue weighted by molar-refractivity contribution is -0.123. The first-order valence-corrected chi connectivity index (χ1v) is 9.61. The van der Waals surface area contributed by atoms with E-state index in [4.69, 9.17) is 11.6 Å². The van der Waals surface area contributed by atoms with Crippen molar-refractivity contribution in [2.24, 2.45) is 0 Å². The Balaban J connectivity index is 1.64. The summed E-state index contributed by atoms with van der Waals surface area (Å²) in [5, 5.41) is 8.61. The molecule has 30 heavy (non-hydrogen) atoms. The molecular formula is C21H18ClN5O3. The van der Waals surface area contributed by atoms with E-state index in [0.717, 1.165) is 11.3 Å². The fourth-order valence-corrected chi connectivity index (χ4v) is 3.39. The van der Waals surface area contributed by atoms with Crippen LogP contribution >= 0.6 is 11.6 Å². The molecule has 9 heteroatoms. The Hall–Kier alpha value is -3.65. The van der Waals surface area contributed by atoms with E-state index in [1.54, 1.807) is 24.3 Å². The number of halogens is 1. The third-order valence-corrected chi connectivity index (χ3v) is 5.04. The van der Waals surface area contributed by atoms with Crippen LogP contribution in [0.5, 0.6) is 0 Å². The number of nitrogens with one attached hydrogen (secondary N) is 4. The molecule has 0 saturated carbocycles. The van der Waals surface area contributed by atoms with E-state index in [0.29, 0.717) is 10.7 Å². The summed E-state index contributed by atoms with van der Waals surface area (Å²) in [5.74, 6) is -1.68. The van der Waals surface area contributed by atoms with Crippen molar-refractivity contribution >= 4 is 46.6 Å². The Labute approximate surface area is 176 Å². The summed E-state index contributed by atoms with van der Waals surface area (Å²) in [7, 11) is 0. The van der Waals surface area contributed by atoms with Crippen molar-refractivity contribution < 1.29 is 9.59 Å². The number of anilines is 4. The second-order valence-corrected chi connectivity index (χ2v) is 7.35. The van der Waals surface area contributed by atoms with E-state index in [2.05, 4.69) is 25.9 Å². The molecule has 4 rings (SSSR count). The van der Waals surface area contributed by atoms with E-state index >= 15 is 0 Å². The van der Waals surface area contributed by atoms with Crippen LogP contribution in [0, 0.1) is 6.92 Å². The standard InChI is InChI=1S/C21H18ClN5O3/c1-11-6-8-12(9-7-11)23-21-26-18-17(20(30)27-21)13(10-16(28)25-18)19(29)24-15-5-3-2-4-14(15)22/h2-9,13H,10H2,1H3,(H,24,29)(H3,23,25,26,27,28,30)/t13-/m1/s1. The van der Waals surface area contributed by atoms with Gasteiger partial charge in [0, 0.05) is 12.1 Å². The van der Waals surface area contributed by atoms with E-state index in [1.807, 2.05) is 31.2 Å². The number of aryl methyl sites for hydroxylation is 1. The van der Waals surface area contributed by atoms with Crippen LogP contribution in [-0.4, -0.2) is 21.8 Å². The average molecular weight is 424 g/mol. The van der Waals surface area contributed by atoms with Gasteiger partial charge >= 0.3 is 0 Å². The molecule has 1 atom stereocenters.